The molecule has 1 saturated heterocycles. The highest BCUT2D eigenvalue weighted by atomic mass is 17.1. The van der Waals surface area contributed by atoms with Crippen molar-refractivity contribution in [2.75, 3.05) is 26.4 Å². The average molecular weight is 386 g/mol. The fraction of sp³-hybridized carbons (Fsp3) is 0.923. The molecule has 154 valence electrons. The van der Waals surface area contributed by atoms with Gasteiger partial charge in [0.15, 0.2) is 6.10 Å². The topological polar surface area (TPSA) is 171 Å². The molecule has 0 saturated carbocycles. The first-order chi connectivity index (χ1) is 12.3. The normalized spacial score (nSPS) is 24.4. The number of esters is 1. The average Bonchev–Trinajstić information content (AvgIpc) is 2.89. The molecule has 0 unspecified atom stereocenters. The molecular formula is C13H26N2O11. The van der Waals surface area contributed by atoms with E-state index in [0.717, 1.165) is 0 Å². The molecule has 26 heavy (non-hydrogen) atoms. The highest BCUT2D eigenvalue weighted by molar-refractivity contribution is 5.69. The van der Waals surface area contributed by atoms with Gasteiger partial charge < -0.3 is 19.3 Å². The molecular weight excluding hydrogens is 360 g/mol. The number of hydrogen-bond acceptors (Lipinski definition) is 13. The standard InChI is InChI=1S/C13H26N2O11/c1-9-13(22-6-5-16)11(8-23-9)25-12(17)4-2-3-10(26-15(20)21)7-24-14(18)19/h9-11,13,16,18-21H,2-8H2,1H3/t9-,10-,11-,13+/m1/s1. The predicted octanol–water partition coefficient (Wildman–Crippen LogP) is -0.743. The third-order valence-electron chi connectivity index (χ3n) is 3.56. The minimum atomic E-state index is -0.963. The lowest BCUT2D eigenvalue weighted by atomic mass is 10.1. The van der Waals surface area contributed by atoms with Gasteiger partial charge in [-0.3, -0.25) is 25.6 Å². The van der Waals surface area contributed by atoms with E-state index in [-0.39, 0.29) is 45.2 Å². The van der Waals surface area contributed by atoms with E-state index in [2.05, 4.69) is 9.68 Å². The molecule has 0 bridgehead atoms. The first-order valence-electron chi connectivity index (χ1n) is 8.02. The maximum atomic E-state index is 11.9. The van der Waals surface area contributed by atoms with Crippen molar-refractivity contribution in [3.8, 4) is 0 Å². The Bertz CT molecular complexity index is 398. The van der Waals surface area contributed by atoms with Gasteiger partial charge in [0, 0.05) is 6.42 Å². The Morgan fingerprint density at radius 2 is 2.00 bits per heavy atom. The van der Waals surface area contributed by atoms with E-state index in [1.807, 2.05) is 0 Å². The maximum absolute atomic E-state index is 11.9. The van der Waals surface area contributed by atoms with Crippen LogP contribution in [0.2, 0.25) is 0 Å². The van der Waals surface area contributed by atoms with Crippen molar-refractivity contribution in [2.45, 2.75) is 50.6 Å². The minimum absolute atomic E-state index is 0.00369. The van der Waals surface area contributed by atoms with Crippen LogP contribution >= 0.6 is 0 Å². The molecule has 1 rings (SSSR count). The van der Waals surface area contributed by atoms with Crippen LogP contribution < -0.4 is 0 Å². The summed E-state index contributed by atoms with van der Waals surface area (Å²) in [6.07, 6.45) is -1.92. The summed E-state index contributed by atoms with van der Waals surface area (Å²) in [5, 5.41) is 42.0. The zero-order chi connectivity index (χ0) is 19.5. The SMILES string of the molecule is C[C@H]1OC[C@@H](OC(=O)CCC[C@H](CON(O)O)ON(O)O)[C@H]1OCCO. The number of carbonyl (C=O) groups excluding carboxylic acids is 1. The fourth-order valence-electron chi connectivity index (χ4n) is 2.42. The highest BCUT2D eigenvalue weighted by Crippen LogP contribution is 2.21. The molecule has 0 spiro atoms. The van der Waals surface area contributed by atoms with Crippen molar-refractivity contribution < 1.29 is 54.6 Å². The third-order valence-corrected chi connectivity index (χ3v) is 3.56. The molecule has 4 atom stereocenters. The Labute approximate surface area is 149 Å². The summed E-state index contributed by atoms with van der Waals surface area (Å²) >= 11 is 0. The Morgan fingerprint density at radius 3 is 2.62 bits per heavy atom. The molecule has 13 nitrogen and oxygen atoms in total. The van der Waals surface area contributed by atoms with Crippen LogP contribution in [0.15, 0.2) is 0 Å². The lowest BCUT2D eigenvalue weighted by Gasteiger charge is -2.21. The number of carbonyl (C=O) groups is 1. The number of aliphatic hydroxyl groups is 1. The van der Waals surface area contributed by atoms with Crippen molar-refractivity contribution in [1.82, 2.24) is 10.8 Å². The maximum Gasteiger partial charge on any atom is 0.306 e. The summed E-state index contributed by atoms with van der Waals surface area (Å²) < 4.78 is 16.1. The monoisotopic (exact) mass is 386 g/mol. The summed E-state index contributed by atoms with van der Waals surface area (Å²) in [5.41, 5.74) is 0. The van der Waals surface area contributed by atoms with Crippen LogP contribution in [0.25, 0.3) is 0 Å². The largest absolute Gasteiger partial charge is 0.457 e. The summed E-state index contributed by atoms with van der Waals surface area (Å²) in [6.45, 7) is 1.51. The second-order valence-corrected chi connectivity index (χ2v) is 5.55. The molecule has 0 radical (unpaired) electrons. The number of nitrogens with zero attached hydrogens (tertiary/aromatic N) is 2. The van der Waals surface area contributed by atoms with E-state index in [9.17, 15) is 4.79 Å². The zero-order valence-electron chi connectivity index (χ0n) is 14.3. The van der Waals surface area contributed by atoms with E-state index in [1.165, 1.54) is 0 Å². The zero-order valence-corrected chi connectivity index (χ0v) is 14.3. The second kappa shape index (κ2) is 12.4. The Balaban J connectivity index is 2.34. The van der Waals surface area contributed by atoms with Gasteiger partial charge >= 0.3 is 5.97 Å². The smallest absolute Gasteiger partial charge is 0.306 e. The van der Waals surface area contributed by atoms with Gasteiger partial charge in [0.25, 0.3) is 0 Å². The van der Waals surface area contributed by atoms with E-state index >= 15 is 0 Å². The summed E-state index contributed by atoms with van der Waals surface area (Å²) in [6, 6.07) is 0. The van der Waals surface area contributed by atoms with Gasteiger partial charge in [-0.1, -0.05) is 0 Å². The van der Waals surface area contributed by atoms with Crippen LogP contribution in [-0.2, 0) is 28.7 Å². The minimum Gasteiger partial charge on any atom is -0.457 e. The van der Waals surface area contributed by atoms with Crippen molar-refractivity contribution in [2.24, 2.45) is 0 Å². The highest BCUT2D eigenvalue weighted by Gasteiger charge is 2.38. The van der Waals surface area contributed by atoms with Crippen LogP contribution in [0.1, 0.15) is 26.2 Å². The van der Waals surface area contributed by atoms with Crippen LogP contribution in [-0.4, -0.2) is 93.5 Å². The van der Waals surface area contributed by atoms with Crippen LogP contribution in [0.5, 0.6) is 0 Å². The molecule has 0 aliphatic carbocycles. The fourth-order valence-corrected chi connectivity index (χ4v) is 2.42. The lowest BCUT2D eigenvalue weighted by Crippen LogP contribution is -2.36. The van der Waals surface area contributed by atoms with Gasteiger partial charge in [-0.2, -0.15) is 0 Å². The summed E-state index contributed by atoms with van der Waals surface area (Å²) in [4.78, 5) is 20.8. The van der Waals surface area contributed by atoms with Crippen LogP contribution in [0.4, 0.5) is 0 Å². The molecule has 0 aromatic heterocycles. The number of hydrogen-bond donors (Lipinski definition) is 5. The molecule has 1 heterocycles. The number of aliphatic hydroxyl groups excluding tert-OH is 1. The van der Waals surface area contributed by atoms with Gasteiger partial charge in [0.2, 0.25) is 0 Å². The molecule has 1 aliphatic heterocycles. The first kappa shape index (κ1) is 23.1. The summed E-state index contributed by atoms with van der Waals surface area (Å²) in [5.74, 6) is -0.513. The van der Waals surface area contributed by atoms with Crippen LogP contribution in [0.3, 0.4) is 0 Å². The van der Waals surface area contributed by atoms with E-state index < -0.39 is 41.7 Å². The predicted molar refractivity (Wildman–Crippen MR) is 77.6 cm³/mol. The van der Waals surface area contributed by atoms with Crippen molar-refractivity contribution in [3.05, 3.63) is 0 Å². The molecule has 1 fully saturated rings. The van der Waals surface area contributed by atoms with E-state index in [4.69, 9.17) is 40.1 Å². The van der Waals surface area contributed by atoms with Crippen molar-refractivity contribution in [3.63, 3.8) is 0 Å². The Kier molecular flexibility index (Phi) is 11.0. The molecule has 13 heteroatoms. The first-order valence-corrected chi connectivity index (χ1v) is 8.02. The van der Waals surface area contributed by atoms with Crippen molar-refractivity contribution >= 4 is 5.97 Å². The Hall–Kier alpha value is -0.970. The summed E-state index contributed by atoms with van der Waals surface area (Å²) in [7, 11) is 0. The van der Waals surface area contributed by atoms with Crippen LogP contribution in [0, 0.1) is 0 Å². The number of rotatable bonds is 13. The number of ether oxygens (including phenoxy) is 3. The Morgan fingerprint density at radius 1 is 1.27 bits per heavy atom. The van der Waals surface area contributed by atoms with Gasteiger partial charge in [-0.05, 0) is 19.8 Å². The molecule has 5 N–H and O–H groups in total. The molecule has 0 aromatic rings. The van der Waals surface area contributed by atoms with E-state index in [1.54, 1.807) is 6.92 Å². The molecule has 1 aliphatic rings. The molecule has 0 amide bonds. The van der Waals surface area contributed by atoms with Gasteiger partial charge in [0.05, 0.1) is 36.7 Å². The van der Waals surface area contributed by atoms with Gasteiger partial charge in [-0.15, -0.1) is 0 Å². The molecule has 0 aromatic carbocycles. The van der Waals surface area contributed by atoms with Crippen molar-refractivity contribution in [1.29, 1.82) is 0 Å². The third kappa shape index (κ3) is 9.11. The van der Waals surface area contributed by atoms with E-state index in [0.29, 0.717) is 0 Å². The quantitative estimate of drug-likeness (QED) is 0.198. The second-order valence-electron chi connectivity index (χ2n) is 5.55. The van der Waals surface area contributed by atoms with Gasteiger partial charge in [0.1, 0.15) is 18.8 Å². The lowest BCUT2D eigenvalue weighted by molar-refractivity contribution is -0.527. The van der Waals surface area contributed by atoms with Gasteiger partial charge in [-0.25, -0.2) is 9.68 Å².